The van der Waals surface area contributed by atoms with Crippen molar-refractivity contribution >= 4 is 6.29 Å². The highest BCUT2D eigenvalue weighted by atomic mass is 16.1. The molecular weight excluding hydrogens is 244 g/mol. The minimum Gasteiger partial charge on any atom is -0.298 e. The molecule has 110 valence electrons. The molecule has 0 spiro atoms. The molecular formula is C19H28O. The lowest BCUT2D eigenvalue weighted by atomic mass is 9.80. The number of carbonyl (C=O) groups is 1. The van der Waals surface area contributed by atoms with Crippen molar-refractivity contribution in [2.45, 2.75) is 78.1 Å². The molecule has 0 aliphatic heterocycles. The molecule has 2 aliphatic rings. The van der Waals surface area contributed by atoms with Crippen LogP contribution in [0.4, 0.5) is 0 Å². The van der Waals surface area contributed by atoms with E-state index in [0.29, 0.717) is 5.41 Å². The zero-order valence-electron chi connectivity index (χ0n) is 13.5. The Hall–Kier alpha value is -1.11. The van der Waals surface area contributed by atoms with Crippen molar-refractivity contribution in [2.24, 2.45) is 0 Å². The fourth-order valence-electron chi connectivity index (χ4n) is 3.68. The zero-order valence-corrected chi connectivity index (χ0v) is 13.5. The van der Waals surface area contributed by atoms with E-state index < -0.39 is 0 Å². The lowest BCUT2D eigenvalue weighted by Crippen LogP contribution is -2.17. The van der Waals surface area contributed by atoms with Gasteiger partial charge in [0, 0.05) is 5.56 Å². The van der Waals surface area contributed by atoms with Crippen molar-refractivity contribution in [2.75, 3.05) is 0 Å². The number of benzene rings is 1. The van der Waals surface area contributed by atoms with Crippen molar-refractivity contribution in [1.29, 1.82) is 0 Å². The summed E-state index contributed by atoms with van der Waals surface area (Å²) in [5.74, 6) is 0. The number of carbonyl (C=O) groups excluding carboxylic acids is 1. The van der Waals surface area contributed by atoms with Crippen molar-refractivity contribution in [3.05, 3.63) is 33.9 Å². The topological polar surface area (TPSA) is 17.1 Å². The second-order valence-corrected chi connectivity index (χ2v) is 6.55. The third kappa shape index (κ3) is 2.43. The third-order valence-corrected chi connectivity index (χ3v) is 5.03. The van der Waals surface area contributed by atoms with E-state index in [1.54, 1.807) is 0 Å². The second-order valence-electron chi connectivity index (χ2n) is 6.55. The molecule has 0 N–H and O–H groups in total. The third-order valence-electron chi connectivity index (χ3n) is 5.03. The van der Waals surface area contributed by atoms with Gasteiger partial charge in [-0.1, -0.05) is 40.2 Å². The number of hydrogen-bond donors (Lipinski definition) is 0. The summed E-state index contributed by atoms with van der Waals surface area (Å²) in [5.41, 5.74) is 7.01. The predicted molar refractivity (Wildman–Crippen MR) is 85.8 cm³/mol. The van der Waals surface area contributed by atoms with E-state index in [1.165, 1.54) is 54.4 Å². The summed E-state index contributed by atoms with van der Waals surface area (Å²) in [6.07, 6.45) is 9.36. The first-order valence-electron chi connectivity index (χ1n) is 8.24. The monoisotopic (exact) mass is 272 g/mol. The molecule has 1 aromatic carbocycles. The van der Waals surface area contributed by atoms with E-state index in [4.69, 9.17) is 0 Å². The molecule has 1 aromatic rings. The number of fused-ring (bicyclic) bond motifs is 2. The van der Waals surface area contributed by atoms with Gasteiger partial charge < -0.3 is 0 Å². The van der Waals surface area contributed by atoms with Crippen LogP contribution in [0.15, 0.2) is 6.07 Å². The van der Waals surface area contributed by atoms with Crippen molar-refractivity contribution in [3.8, 4) is 0 Å². The van der Waals surface area contributed by atoms with E-state index in [9.17, 15) is 4.79 Å². The fourth-order valence-corrected chi connectivity index (χ4v) is 3.68. The summed E-state index contributed by atoms with van der Waals surface area (Å²) in [5, 5.41) is 0. The molecule has 0 radical (unpaired) electrons. The Morgan fingerprint density at radius 1 is 1.15 bits per heavy atom. The smallest absolute Gasteiger partial charge is 0.150 e. The van der Waals surface area contributed by atoms with Crippen LogP contribution in [0.1, 0.15) is 86.0 Å². The largest absolute Gasteiger partial charge is 0.298 e. The van der Waals surface area contributed by atoms with Crippen LogP contribution >= 0.6 is 0 Å². The summed E-state index contributed by atoms with van der Waals surface area (Å²) < 4.78 is 0. The number of hydrogen-bond acceptors (Lipinski definition) is 1. The highest BCUT2D eigenvalue weighted by Gasteiger charge is 2.36. The Morgan fingerprint density at radius 2 is 1.85 bits per heavy atom. The Morgan fingerprint density at radius 3 is 2.45 bits per heavy atom. The first kappa shape index (κ1) is 15.3. The van der Waals surface area contributed by atoms with Crippen LogP contribution in [-0.2, 0) is 24.7 Å². The molecule has 1 atom stereocenters. The van der Waals surface area contributed by atoms with Crippen LogP contribution < -0.4 is 0 Å². The van der Waals surface area contributed by atoms with Crippen molar-refractivity contribution in [1.82, 2.24) is 0 Å². The Balaban J connectivity index is 0.000000452. The van der Waals surface area contributed by atoms with E-state index >= 15 is 0 Å². The van der Waals surface area contributed by atoms with Gasteiger partial charge in [-0.15, -0.1) is 0 Å². The lowest BCUT2D eigenvalue weighted by molar-refractivity contribution is 0.112. The Labute approximate surface area is 123 Å². The maximum Gasteiger partial charge on any atom is 0.150 e. The standard InChI is InChI=1S/C16H20O.C3H8/c1-3-16(2)8-7-13-14(10-17)12-6-4-5-11(12)9-15(13)16;1-3-2/h9-10H,3-8H2,1-2H3;3H2,1-2H3. The first-order valence-corrected chi connectivity index (χ1v) is 8.24. The molecule has 0 aromatic heterocycles. The van der Waals surface area contributed by atoms with Crippen LogP contribution in [0.3, 0.4) is 0 Å². The minimum atomic E-state index is 0.310. The predicted octanol–water partition coefficient (Wildman–Crippen LogP) is 5.02. The van der Waals surface area contributed by atoms with Crippen LogP contribution in [-0.4, -0.2) is 6.29 Å². The molecule has 1 heteroatoms. The van der Waals surface area contributed by atoms with Gasteiger partial charge in [-0.05, 0) is 66.2 Å². The Kier molecular flexibility index (Phi) is 4.67. The average Bonchev–Trinajstić information content (AvgIpc) is 3.03. The average molecular weight is 272 g/mol. The molecule has 20 heavy (non-hydrogen) atoms. The molecule has 1 unspecified atom stereocenters. The minimum absolute atomic E-state index is 0.310. The van der Waals surface area contributed by atoms with E-state index in [0.717, 1.165) is 24.7 Å². The highest BCUT2D eigenvalue weighted by Crippen LogP contribution is 2.45. The molecule has 0 fully saturated rings. The molecule has 1 nitrogen and oxygen atoms in total. The van der Waals surface area contributed by atoms with E-state index in [-0.39, 0.29) is 0 Å². The summed E-state index contributed by atoms with van der Waals surface area (Å²) in [6, 6.07) is 2.42. The normalized spacial score (nSPS) is 22.8. The van der Waals surface area contributed by atoms with Gasteiger partial charge >= 0.3 is 0 Å². The van der Waals surface area contributed by atoms with Gasteiger partial charge in [-0.3, -0.25) is 4.79 Å². The van der Waals surface area contributed by atoms with Gasteiger partial charge in [0.1, 0.15) is 0 Å². The second kappa shape index (κ2) is 6.11. The van der Waals surface area contributed by atoms with Gasteiger partial charge in [-0.2, -0.15) is 0 Å². The molecule has 0 heterocycles. The summed E-state index contributed by atoms with van der Waals surface area (Å²) >= 11 is 0. The van der Waals surface area contributed by atoms with Gasteiger partial charge in [0.15, 0.2) is 6.29 Å². The summed E-state index contributed by atoms with van der Waals surface area (Å²) in [4.78, 5) is 11.4. The van der Waals surface area contributed by atoms with Crippen LogP contribution in [0, 0.1) is 0 Å². The van der Waals surface area contributed by atoms with Crippen LogP contribution in [0.5, 0.6) is 0 Å². The first-order chi connectivity index (χ1) is 9.61. The fraction of sp³-hybridized carbons (Fsp3) is 0.632. The van der Waals surface area contributed by atoms with Gasteiger partial charge in [0.2, 0.25) is 0 Å². The molecule has 0 saturated carbocycles. The SMILES string of the molecule is CCC.CCC1(C)CCc2c1cc1c(c2C=O)CCC1. The van der Waals surface area contributed by atoms with Gasteiger partial charge in [0.05, 0.1) is 0 Å². The van der Waals surface area contributed by atoms with Gasteiger partial charge in [0.25, 0.3) is 0 Å². The quantitative estimate of drug-likeness (QED) is 0.691. The maximum absolute atomic E-state index is 11.4. The molecule has 0 saturated heterocycles. The molecule has 2 aliphatic carbocycles. The maximum atomic E-state index is 11.4. The van der Waals surface area contributed by atoms with Crippen LogP contribution in [0.2, 0.25) is 0 Å². The number of aldehydes is 1. The summed E-state index contributed by atoms with van der Waals surface area (Å²) in [6.45, 7) is 8.87. The van der Waals surface area contributed by atoms with E-state index in [1.807, 2.05) is 0 Å². The van der Waals surface area contributed by atoms with Crippen molar-refractivity contribution < 1.29 is 4.79 Å². The molecule has 3 rings (SSSR count). The molecule has 0 bridgehead atoms. The molecule has 0 amide bonds. The zero-order chi connectivity index (χ0) is 14.8. The number of aryl methyl sites for hydroxylation is 1. The lowest BCUT2D eigenvalue weighted by Gasteiger charge is -2.24. The van der Waals surface area contributed by atoms with Crippen LogP contribution in [0.25, 0.3) is 0 Å². The Bertz CT molecular complexity index is 501. The number of rotatable bonds is 2. The summed E-state index contributed by atoms with van der Waals surface area (Å²) in [7, 11) is 0. The van der Waals surface area contributed by atoms with Gasteiger partial charge in [-0.25, -0.2) is 0 Å². The van der Waals surface area contributed by atoms with E-state index in [2.05, 4.69) is 33.8 Å². The van der Waals surface area contributed by atoms with Crippen molar-refractivity contribution in [3.63, 3.8) is 0 Å². The highest BCUT2D eigenvalue weighted by molar-refractivity contribution is 5.82.